The summed E-state index contributed by atoms with van der Waals surface area (Å²) in [6.07, 6.45) is 0. The number of methoxy groups -OCH3 is 2. The number of nitrogen functional groups attached to an aromatic ring is 1. The Labute approximate surface area is 114 Å². The molecule has 1 aromatic rings. The van der Waals surface area contributed by atoms with Gasteiger partial charge in [-0.3, -0.25) is 4.79 Å². The van der Waals surface area contributed by atoms with Crippen LogP contribution in [0.15, 0.2) is 18.2 Å². The maximum atomic E-state index is 12.2. The minimum Gasteiger partial charge on any atom is -0.495 e. The molecule has 106 valence electrons. The molecule has 0 aliphatic carbocycles. The molecule has 0 radical (unpaired) electrons. The van der Waals surface area contributed by atoms with E-state index in [1.54, 1.807) is 25.3 Å². The van der Waals surface area contributed by atoms with E-state index in [4.69, 9.17) is 15.2 Å². The molecular weight excluding hydrogens is 244 g/mol. The smallest absolute Gasteiger partial charge is 0.251 e. The number of amides is 1. The highest BCUT2D eigenvalue weighted by Crippen LogP contribution is 2.22. The first kappa shape index (κ1) is 15.3. The standard InChI is InChI=1S/C14H22N2O3/c1-9(2)12(8-18-3)16-14(17)10-5-6-11(15)13(7-10)19-4/h5-7,9,12H,8,15H2,1-4H3,(H,16,17). The molecule has 5 heteroatoms. The van der Waals surface area contributed by atoms with Gasteiger partial charge in [0.1, 0.15) is 5.75 Å². The second kappa shape index (κ2) is 6.99. The Bertz CT molecular complexity index is 433. The number of rotatable bonds is 6. The third-order valence-corrected chi connectivity index (χ3v) is 2.96. The summed E-state index contributed by atoms with van der Waals surface area (Å²) in [6.45, 7) is 4.55. The van der Waals surface area contributed by atoms with E-state index < -0.39 is 0 Å². The summed E-state index contributed by atoms with van der Waals surface area (Å²) in [5, 5.41) is 2.94. The SMILES string of the molecule is COCC(NC(=O)c1ccc(N)c(OC)c1)C(C)C. The van der Waals surface area contributed by atoms with Crippen LogP contribution in [0.5, 0.6) is 5.75 Å². The van der Waals surface area contributed by atoms with Crippen molar-refractivity contribution in [1.29, 1.82) is 0 Å². The number of carbonyl (C=O) groups is 1. The Morgan fingerprint density at radius 3 is 2.58 bits per heavy atom. The van der Waals surface area contributed by atoms with Gasteiger partial charge >= 0.3 is 0 Å². The Balaban J connectivity index is 2.82. The summed E-state index contributed by atoms with van der Waals surface area (Å²) in [7, 11) is 3.14. The monoisotopic (exact) mass is 266 g/mol. The number of hydrogen-bond donors (Lipinski definition) is 2. The fourth-order valence-electron chi connectivity index (χ4n) is 1.68. The summed E-state index contributed by atoms with van der Waals surface area (Å²) < 4.78 is 10.2. The van der Waals surface area contributed by atoms with Crippen LogP contribution in [-0.4, -0.2) is 32.8 Å². The zero-order valence-corrected chi connectivity index (χ0v) is 11.9. The number of carbonyl (C=O) groups excluding carboxylic acids is 1. The lowest BCUT2D eigenvalue weighted by Gasteiger charge is -2.21. The highest BCUT2D eigenvalue weighted by atomic mass is 16.5. The molecule has 1 amide bonds. The first-order valence-electron chi connectivity index (χ1n) is 6.23. The molecular formula is C14H22N2O3. The zero-order chi connectivity index (χ0) is 14.4. The topological polar surface area (TPSA) is 73.6 Å². The van der Waals surface area contributed by atoms with Crippen LogP contribution in [0.25, 0.3) is 0 Å². The van der Waals surface area contributed by atoms with Gasteiger partial charge in [0.25, 0.3) is 5.91 Å². The van der Waals surface area contributed by atoms with Crippen molar-refractivity contribution in [2.45, 2.75) is 19.9 Å². The van der Waals surface area contributed by atoms with E-state index in [0.717, 1.165) is 0 Å². The highest BCUT2D eigenvalue weighted by Gasteiger charge is 2.17. The van der Waals surface area contributed by atoms with Crippen molar-refractivity contribution in [1.82, 2.24) is 5.32 Å². The van der Waals surface area contributed by atoms with Crippen LogP contribution in [0.4, 0.5) is 5.69 Å². The van der Waals surface area contributed by atoms with Crippen molar-refractivity contribution in [3.05, 3.63) is 23.8 Å². The lowest BCUT2D eigenvalue weighted by molar-refractivity contribution is 0.0866. The van der Waals surface area contributed by atoms with Crippen LogP contribution in [0, 0.1) is 5.92 Å². The number of nitrogens with one attached hydrogen (secondary N) is 1. The summed E-state index contributed by atoms with van der Waals surface area (Å²) in [5.74, 6) is 0.633. The maximum Gasteiger partial charge on any atom is 0.251 e. The van der Waals surface area contributed by atoms with E-state index in [2.05, 4.69) is 5.32 Å². The van der Waals surface area contributed by atoms with Gasteiger partial charge < -0.3 is 20.5 Å². The maximum absolute atomic E-state index is 12.2. The number of nitrogens with two attached hydrogens (primary N) is 1. The lowest BCUT2D eigenvalue weighted by atomic mass is 10.0. The average molecular weight is 266 g/mol. The lowest BCUT2D eigenvalue weighted by Crippen LogP contribution is -2.41. The summed E-state index contributed by atoms with van der Waals surface area (Å²) in [5.41, 5.74) is 6.75. The van der Waals surface area contributed by atoms with Crippen molar-refractivity contribution in [3.8, 4) is 5.75 Å². The first-order chi connectivity index (χ1) is 8.99. The van der Waals surface area contributed by atoms with Gasteiger partial charge in [-0.05, 0) is 24.1 Å². The molecule has 1 unspecified atom stereocenters. The molecule has 0 fully saturated rings. The Hall–Kier alpha value is -1.75. The van der Waals surface area contributed by atoms with Crippen molar-refractivity contribution in [2.24, 2.45) is 5.92 Å². The molecule has 0 bridgehead atoms. The van der Waals surface area contributed by atoms with Gasteiger partial charge in [0, 0.05) is 12.7 Å². The van der Waals surface area contributed by atoms with E-state index in [1.165, 1.54) is 7.11 Å². The second-order valence-corrected chi connectivity index (χ2v) is 4.74. The summed E-state index contributed by atoms with van der Waals surface area (Å²) in [4.78, 5) is 12.2. The van der Waals surface area contributed by atoms with Gasteiger partial charge in [-0.25, -0.2) is 0 Å². The Morgan fingerprint density at radius 1 is 1.37 bits per heavy atom. The number of anilines is 1. The molecule has 0 saturated carbocycles. The van der Waals surface area contributed by atoms with Crippen molar-refractivity contribution in [3.63, 3.8) is 0 Å². The van der Waals surface area contributed by atoms with Gasteiger partial charge in [-0.2, -0.15) is 0 Å². The number of hydrogen-bond acceptors (Lipinski definition) is 4. The molecule has 0 aromatic heterocycles. The minimum atomic E-state index is -0.158. The van der Waals surface area contributed by atoms with Crippen molar-refractivity contribution < 1.29 is 14.3 Å². The molecule has 3 N–H and O–H groups in total. The quantitative estimate of drug-likeness (QED) is 0.768. The molecule has 1 atom stereocenters. The molecule has 1 aromatic carbocycles. The van der Waals surface area contributed by atoms with Crippen LogP contribution >= 0.6 is 0 Å². The molecule has 0 aliphatic rings. The normalized spacial score (nSPS) is 12.3. The van der Waals surface area contributed by atoms with Crippen LogP contribution in [-0.2, 0) is 4.74 Å². The third kappa shape index (κ3) is 4.13. The Morgan fingerprint density at radius 2 is 2.05 bits per heavy atom. The third-order valence-electron chi connectivity index (χ3n) is 2.96. The van der Waals surface area contributed by atoms with Gasteiger partial charge in [0.05, 0.1) is 25.4 Å². The van der Waals surface area contributed by atoms with E-state index >= 15 is 0 Å². The summed E-state index contributed by atoms with van der Waals surface area (Å²) >= 11 is 0. The van der Waals surface area contributed by atoms with Gasteiger partial charge in [-0.1, -0.05) is 13.8 Å². The molecule has 0 heterocycles. The van der Waals surface area contributed by atoms with Crippen LogP contribution in [0.2, 0.25) is 0 Å². The van der Waals surface area contributed by atoms with E-state index in [0.29, 0.717) is 29.5 Å². The number of benzene rings is 1. The average Bonchev–Trinajstić information content (AvgIpc) is 2.38. The van der Waals surface area contributed by atoms with Crippen LogP contribution in [0.1, 0.15) is 24.2 Å². The van der Waals surface area contributed by atoms with E-state index in [-0.39, 0.29) is 11.9 Å². The second-order valence-electron chi connectivity index (χ2n) is 4.74. The molecule has 0 aliphatic heterocycles. The van der Waals surface area contributed by atoms with Gasteiger partial charge in [-0.15, -0.1) is 0 Å². The van der Waals surface area contributed by atoms with Gasteiger partial charge in [0.2, 0.25) is 0 Å². The minimum absolute atomic E-state index is 0.0268. The molecule has 0 spiro atoms. The van der Waals surface area contributed by atoms with Gasteiger partial charge in [0.15, 0.2) is 0 Å². The fraction of sp³-hybridized carbons (Fsp3) is 0.500. The molecule has 5 nitrogen and oxygen atoms in total. The molecule has 0 saturated heterocycles. The highest BCUT2D eigenvalue weighted by molar-refractivity contribution is 5.95. The molecule has 19 heavy (non-hydrogen) atoms. The zero-order valence-electron chi connectivity index (χ0n) is 11.9. The fourth-order valence-corrected chi connectivity index (χ4v) is 1.68. The van der Waals surface area contributed by atoms with E-state index in [9.17, 15) is 4.79 Å². The van der Waals surface area contributed by atoms with Crippen LogP contribution < -0.4 is 15.8 Å². The summed E-state index contributed by atoms with van der Waals surface area (Å²) in [6, 6.07) is 4.95. The first-order valence-corrected chi connectivity index (χ1v) is 6.23. The predicted octanol–water partition coefficient (Wildman–Crippen LogP) is 1.68. The largest absolute Gasteiger partial charge is 0.495 e. The Kier molecular flexibility index (Phi) is 5.63. The number of ether oxygens (including phenoxy) is 2. The van der Waals surface area contributed by atoms with Crippen LogP contribution in [0.3, 0.4) is 0 Å². The van der Waals surface area contributed by atoms with Crippen molar-refractivity contribution >= 4 is 11.6 Å². The predicted molar refractivity (Wildman–Crippen MR) is 75.4 cm³/mol. The van der Waals surface area contributed by atoms with Crippen molar-refractivity contribution in [2.75, 3.05) is 26.6 Å². The van der Waals surface area contributed by atoms with E-state index in [1.807, 2.05) is 13.8 Å². The molecule has 1 rings (SSSR count).